The van der Waals surface area contributed by atoms with Crippen molar-refractivity contribution in [3.05, 3.63) is 82.4 Å². The number of anilines is 1. The maximum atomic E-state index is 13.0. The van der Waals surface area contributed by atoms with Crippen molar-refractivity contribution in [3.8, 4) is 0 Å². The molecule has 1 fully saturated rings. The molecule has 9 heteroatoms. The van der Waals surface area contributed by atoms with Gasteiger partial charge in [-0.2, -0.15) is 0 Å². The van der Waals surface area contributed by atoms with E-state index >= 15 is 0 Å². The Morgan fingerprint density at radius 2 is 1.81 bits per heavy atom. The molecule has 1 aliphatic rings. The summed E-state index contributed by atoms with van der Waals surface area (Å²) in [4.78, 5) is 47.1. The first-order valence-electron chi connectivity index (χ1n) is 9.65. The molecular formula is C22H19ClN4O4. The van der Waals surface area contributed by atoms with Crippen LogP contribution in [-0.4, -0.2) is 58.8 Å². The van der Waals surface area contributed by atoms with Gasteiger partial charge in [0.1, 0.15) is 5.69 Å². The summed E-state index contributed by atoms with van der Waals surface area (Å²) in [6.07, 6.45) is 1.29. The number of imidazole rings is 1. The number of nitrogens with zero attached hydrogens (tertiary/aromatic N) is 2. The topological polar surface area (TPSA) is 104 Å². The molecule has 3 aromatic rings. The number of ether oxygens (including phenoxy) is 1. The summed E-state index contributed by atoms with van der Waals surface area (Å²) in [5.74, 6) is -1.23. The van der Waals surface area contributed by atoms with Gasteiger partial charge in [0.05, 0.1) is 25.2 Å². The predicted octanol–water partition coefficient (Wildman–Crippen LogP) is 3.02. The summed E-state index contributed by atoms with van der Waals surface area (Å²) in [6, 6.07) is 13.3. The van der Waals surface area contributed by atoms with E-state index in [1.165, 1.54) is 12.4 Å². The van der Waals surface area contributed by atoms with E-state index < -0.39 is 5.91 Å². The van der Waals surface area contributed by atoms with Gasteiger partial charge < -0.3 is 19.9 Å². The molecule has 8 nitrogen and oxygen atoms in total. The van der Waals surface area contributed by atoms with Crippen LogP contribution in [0.5, 0.6) is 0 Å². The second-order valence-corrected chi connectivity index (χ2v) is 7.31. The molecule has 0 unspecified atom stereocenters. The minimum Gasteiger partial charge on any atom is -0.378 e. The molecule has 158 valence electrons. The van der Waals surface area contributed by atoms with E-state index in [4.69, 9.17) is 16.3 Å². The molecule has 2 aromatic carbocycles. The van der Waals surface area contributed by atoms with Crippen LogP contribution in [0.15, 0.2) is 54.9 Å². The number of benzene rings is 2. The van der Waals surface area contributed by atoms with Crippen LogP contribution in [0.4, 0.5) is 5.69 Å². The number of halogens is 1. The van der Waals surface area contributed by atoms with Gasteiger partial charge in [0.25, 0.3) is 11.8 Å². The lowest BCUT2D eigenvalue weighted by molar-refractivity contribution is 0.0298. The largest absolute Gasteiger partial charge is 0.378 e. The number of hydrogen-bond donors (Lipinski definition) is 2. The highest BCUT2D eigenvalue weighted by Crippen LogP contribution is 2.24. The molecule has 0 radical (unpaired) electrons. The molecule has 0 bridgehead atoms. The summed E-state index contributed by atoms with van der Waals surface area (Å²) in [6.45, 7) is 1.76. The third-order valence-electron chi connectivity index (χ3n) is 4.88. The number of amides is 2. The number of aromatic amines is 1. The van der Waals surface area contributed by atoms with Gasteiger partial charge in [-0.05, 0) is 18.2 Å². The van der Waals surface area contributed by atoms with Crippen molar-refractivity contribution < 1.29 is 19.1 Å². The molecule has 2 amide bonds. The number of nitrogens with one attached hydrogen (secondary N) is 2. The Labute approximate surface area is 183 Å². The van der Waals surface area contributed by atoms with Crippen LogP contribution >= 0.6 is 11.6 Å². The first-order valence-corrected chi connectivity index (χ1v) is 10.0. The van der Waals surface area contributed by atoms with E-state index in [-0.39, 0.29) is 34.3 Å². The summed E-state index contributed by atoms with van der Waals surface area (Å²) in [5, 5.41) is 3.05. The maximum Gasteiger partial charge on any atom is 0.276 e. The van der Waals surface area contributed by atoms with Crippen LogP contribution in [-0.2, 0) is 4.74 Å². The predicted molar refractivity (Wildman–Crippen MR) is 115 cm³/mol. The molecular weight excluding hydrogens is 420 g/mol. The van der Waals surface area contributed by atoms with E-state index in [1.807, 2.05) is 6.07 Å². The fraction of sp³-hybridized carbons (Fsp3) is 0.182. The van der Waals surface area contributed by atoms with Gasteiger partial charge in [-0.15, -0.1) is 0 Å². The van der Waals surface area contributed by atoms with E-state index in [1.54, 1.807) is 41.3 Å². The third kappa shape index (κ3) is 4.50. The Kier molecular flexibility index (Phi) is 6.11. The minimum absolute atomic E-state index is 0.0513. The molecule has 4 rings (SSSR count). The normalized spacial score (nSPS) is 13.6. The van der Waals surface area contributed by atoms with Crippen LogP contribution in [0.1, 0.15) is 36.9 Å². The number of morpholine rings is 1. The van der Waals surface area contributed by atoms with Gasteiger partial charge in [-0.1, -0.05) is 41.9 Å². The molecule has 31 heavy (non-hydrogen) atoms. The van der Waals surface area contributed by atoms with Crippen molar-refractivity contribution in [1.82, 2.24) is 14.9 Å². The summed E-state index contributed by atoms with van der Waals surface area (Å²) in [7, 11) is 0. The lowest BCUT2D eigenvalue weighted by Crippen LogP contribution is -2.41. The quantitative estimate of drug-likeness (QED) is 0.596. The van der Waals surface area contributed by atoms with Crippen LogP contribution in [0.3, 0.4) is 0 Å². The van der Waals surface area contributed by atoms with E-state index in [0.29, 0.717) is 36.9 Å². The molecule has 0 atom stereocenters. The number of hydrogen-bond acceptors (Lipinski definition) is 5. The number of aromatic nitrogens is 2. The van der Waals surface area contributed by atoms with Gasteiger partial charge in [0.2, 0.25) is 0 Å². The lowest BCUT2D eigenvalue weighted by Gasteiger charge is -2.26. The van der Waals surface area contributed by atoms with Gasteiger partial charge in [-0.3, -0.25) is 14.4 Å². The first-order chi connectivity index (χ1) is 15.0. The summed E-state index contributed by atoms with van der Waals surface area (Å²) < 4.78 is 5.26. The smallest absolute Gasteiger partial charge is 0.276 e. The maximum absolute atomic E-state index is 13.0. The van der Waals surface area contributed by atoms with Crippen molar-refractivity contribution >= 4 is 34.9 Å². The molecule has 0 saturated carbocycles. The zero-order valence-electron chi connectivity index (χ0n) is 16.4. The highest BCUT2D eigenvalue weighted by Gasteiger charge is 2.27. The third-order valence-corrected chi connectivity index (χ3v) is 5.11. The highest BCUT2D eigenvalue weighted by atomic mass is 35.5. The van der Waals surface area contributed by atoms with Crippen molar-refractivity contribution in [2.24, 2.45) is 0 Å². The number of rotatable bonds is 5. The highest BCUT2D eigenvalue weighted by molar-refractivity contribution is 6.31. The summed E-state index contributed by atoms with van der Waals surface area (Å²) in [5.41, 5.74) is 1.01. The van der Waals surface area contributed by atoms with Crippen LogP contribution < -0.4 is 5.32 Å². The van der Waals surface area contributed by atoms with Gasteiger partial charge in [-0.25, -0.2) is 4.98 Å². The van der Waals surface area contributed by atoms with Gasteiger partial charge in [0.15, 0.2) is 11.5 Å². The zero-order chi connectivity index (χ0) is 21.8. The Hall–Kier alpha value is -3.49. The van der Waals surface area contributed by atoms with E-state index in [9.17, 15) is 14.4 Å². The molecule has 1 aliphatic heterocycles. The standard InChI is InChI=1S/C22H19ClN4O4/c23-15-6-7-17(16(12-15)20(28)14-4-2-1-3-5-14)26-21(29)18-19(25-13-24-18)22(30)27-8-10-31-11-9-27/h1-7,12-13H,8-11H2,(H,24,25)(H,26,29). The zero-order valence-corrected chi connectivity index (χ0v) is 17.2. The van der Waals surface area contributed by atoms with E-state index in [2.05, 4.69) is 15.3 Å². The monoisotopic (exact) mass is 438 g/mol. The fourth-order valence-electron chi connectivity index (χ4n) is 3.29. The SMILES string of the molecule is O=C(c1ccccc1)c1cc(Cl)ccc1NC(=O)c1nc[nH]c1C(=O)N1CCOCC1. The van der Waals surface area contributed by atoms with Crippen molar-refractivity contribution in [1.29, 1.82) is 0 Å². The second kappa shape index (κ2) is 9.11. The van der Waals surface area contributed by atoms with Crippen LogP contribution in [0.25, 0.3) is 0 Å². The Balaban J connectivity index is 1.60. The summed E-state index contributed by atoms with van der Waals surface area (Å²) >= 11 is 6.09. The second-order valence-electron chi connectivity index (χ2n) is 6.87. The van der Waals surface area contributed by atoms with Crippen molar-refractivity contribution in [3.63, 3.8) is 0 Å². The first kappa shape index (κ1) is 20.8. The van der Waals surface area contributed by atoms with Gasteiger partial charge in [0, 0.05) is 29.2 Å². The Morgan fingerprint density at radius 3 is 2.55 bits per heavy atom. The fourth-order valence-corrected chi connectivity index (χ4v) is 3.47. The minimum atomic E-state index is -0.609. The molecule has 0 spiro atoms. The number of H-pyrrole nitrogens is 1. The van der Waals surface area contributed by atoms with Gasteiger partial charge >= 0.3 is 0 Å². The number of carbonyl (C=O) groups is 3. The molecule has 2 N–H and O–H groups in total. The van der Waals surface area contributed by atoms with Crippen molar-refractivity contribution in [2.75, 3.05) is 31.6 Å². The number of carbonyl (C=O) groups excluding carboxylic acids is 3. The molecule has 0 aliphatic carbocycles. The average molecular weight is 439 g/mol. The Morgan fingerprint density at radius 1 is 1.06 bits per heavy atom. The van der Waals surface area contributed by atoms with E-state index in [0.717, 1.165) is 0 Å². The lowest BCUT2D eigenvalue weighted by atomic mass is 10.0. The van der Waals surface area contributed by atoms with Crippen LogP contribution in [0, 0.1) is 0 Å². The Bertz CT molecular complexity index is 1120. The molecule has 1 saturated heterocycles. The number of ketones is 1. The van der Waals surface area contributed by atoms with Crippen molar-refractivity contribution in [2.45, 2.75) is 0 Å². The van der Waals surface area contributed by atoms with Crippen LogP contribution in [0.2, 0.25) is 5.02 Å². The molecule has 1 aromatic heterocycles. The average Bonchev–Trinajstić information content (AvgIpc) is 3.30. The molecule has 2 heterocycles.